The van der Waals surface area contributed by atoms with Crippen molar-refractivity contribution in [3.8, 4) is 11.4 Å². The summed E-state index contributed by atoms with van der Waals surface area (Å²) in [5.41, 5.74) is 2.07. The minimum absolute atomic E-state index is 0.0479. The molecule has 0 spiro atoms. The largest absolute Gasteiger partial charge is 0.508 e. The molecule has 4 aromatic rings. The van der Waals surface area contributed by atoms with E-state index in [-0.39, 0.29) is 23.2 Å². The molecule has 154 valence electrons. The predicted molar refractivity (Wildman–Crippen MR) is 116 cm³/mol. The first-order valence-electron chi connectivity index (χ1n) is 9.31. The molecule has 4 rings (SSSR count). The Labute approximate surface area is 181 Å². The summed E-state index contributed by atoms with van der Waals surface area (Å²) in [5.74, 6) is -0.278. The van der Waals surface area contributed by atoms with Crippen LogP contribution in [0.25, 0.3) is 5.69 Å². The van der Waals surface area contributed by atoms with Crippen LogP contribution < -0.4 is 5.32 Å². The van der Waals surface area contributed by atoms with E-state index in [1.54, 1.807) is 60.7 Å². The van der Waals surface area contributed by atoms with E-state index < -0.39 is 0 Å². The molecule has 9 heteroatoms. The molecule has 1 amide bonds. The van der Waals surface area contributed by atoms with Crippen molar-refractivity contribution in [3.63, 3.8) is 0 Å². The number of anilines is 1. The second-order valence-corrected chi connectivity index (χ2v) is 7.41. The molecule has 0 fully saturated rings. The highest BCUT2D eigenvalue weighted by Gasteiger charge is 2.16. The summed E-state index contributed by atoms with van der Waals surface area (Å²) in [7, 11) is 0. The van der Waals surface area contributed by atoms with Gasteiger partial charge in [0.05, 0.1) is 17.1 Å². The number of phenolic OH excluding ortho intramolecular Hbond substituents is 1. The first-order chi connectivity index (χ1) is 15.1. The summed E-state index contributed by atoms with van der Waals surface area (Å²) in [6.07, 6.45) is 0. The maximum atomic E-state index is 12.8. The lowest BCUT2D eigenvalue weighted by molar-refractivity contribution is -0.113. The lowest BCUT2D eigenvalue weighted by Gasteiger charge is -2.10. The lowest BCUT2D eigenvalue weighted by Crippen LogP contribution is -2.17. The van der Waals surface area contributed by atoms with Crippen LogP contribution in [0.4, 0.5) is 5.69 Å². The highest BCUT2D eigenvalue weighted by molar-refractivity contribution is 7.99. The number of ketones is 1. The van der Waals surface area contributed by atoms with E-state index >= 15 is 0 Å². The van der Waals surface area contributed by atoms with Gasteiger partial charge in [0.25, 0.3) is 0 Å². The second kappa shape index (κ2) is 9.23. The zero-order valence-electron chi connectivity index (χ0n) is 16.2. The molecule has 0 unspecified atom stereocenters. The monoisotopic (exact) mass is 431 g/mol. The highest BCUT2D eigenvalue weighted by atomic mass is 32.2. The molecule has 0 aliphatic carbocycles. The van der Waals surface area contributed by atoms with E-state index in [1.165, 1.54) is 16.8 Å². The van der Waals surface area contributed by atoms with Gasteiger partial charge in [-0.2, -0.15) is 4.68 Å². The molecule has 31 heavy (non-hydrogen) atoms. The van der Waals surface area contributed by atoms with Crippen molar-refractivity contribution in [1.82, 2.24) is 20.2 Å². The lowest BCUT2D eigenvalue weighted by atomic mass is 10.0. The Morgan fingerprint density at radius 2 is 1.65 bits per heavy atom. The molecule has 0 radical (unpaired) electrons. The van der Waals surface area contributed by atoms with Crippen molar-refractivity contribution in [1.29, 1.82) is 0 Å². The van der Waals surface area contributed by atoms with Crippen LogP contribution in [0.2, 0.25) is 0 Å². The summed E-state index contributed by atoms with van der Waals surface area (Å²) >= 11 is 1.16. The number of nitrogens with zero attached hydrogens (tertiary/aromatic N) is 4. The number of tetrazole rings is 1. The maximum absolute atomic E-state index is 12.8. The number of benzene rings is 3. The number of thioether (sulfide) groups is 1. The van der Waals surface area contributed by atoms with Crippen LogP contribution in [0.3, 0.4) is 0 Å². The SMILES string of the molecule is O=C(CSc1nnnn1-c1ccc(O)cc1)Nc1ccccc1C(=O)c1ccccc1. The minimum atomic E-state index is -0.293. The molecular formula is C22H17N5O3S. The number of phenols is 1. The van der Waals surface area contributed by atoms with Gasteiger partial charge in [0.15, 0.2) is 5.78 Å². The van der Waals surface area contributed by atoms with Crippen molar-refractivity contribution < 1.29 is 14.7 Å². The molecule has 0 saturated heterocycles. The number of amides is 1. The van der Waals surface area contributed by atoms with Gasteiger partial charge >= 0.3 is 0 Å². The van der Waals surface area contributed by atoms with Gasteiger partial charge in [-0.25, -0.2) is 0 Å². The number of rotatable bonds is 7. The van der Waals surface area contributed by atoms with Gasteiger partial charge in [0.1, 0.15) is 5.75 Å². The number of hydrogen-bond donors (Lipinski definition) is 2. The van der Waals surface area contributed by atoms with Gasteiger partial charge in [-0.05, 0) is 46.8 Å². The smallest absolute Gasteiger partial charge is 0.234 e. The van der Waals surface area contributed by atoms with Crippen molar-refractivity contribution in [3.05, 3.63) is 90.0 Å². The molecule has 3 aromatic carbocycles. The third-order valence-corrected chi connectivity index (χ3v) is 5.27. The van der Waals surface area contributed by atoms with Crippen molar-refractivity contribution >= 4 is 29.1 Å². The quantitative estimate of drug-likeness (QED) is 0.341. The summed E-state index contributed by atoms with van der Waals surface area (Å²) < 4.78 is 1.48. The molecule has 1 aromatic heterocycles. The summed E-state index contributed by atoms with van der Waals surface area (Å²) in [5, 5.41) is 24.2. The number of hydrogen-bond acceptors (Lipinski definition) is 7. The topological polar surface area (TPSA) is 110 Å². The molecule has 2 N–H and O–H groups in total. The zero-order chi connectivity index (χ0) is 21.6. The Bertz CT molecular complexity index is 1210. The van der Waals surface area contributed by atoms with Gasteiger partial charge in [0, 0.05) is 11.1 Å². The Hall–Kier alpha value is -3.98. The Kier molecular flexibility index (Phi) is 6.04. The van der Waals surface area contributed by atoms with Gasteiger partial charge in [-0.1, -0.05) is 54.2 Å². The highest BCUT2D eigenvalue weighted by Crippen LogP contribution is 2.22. The van der Waals surface area contributed by atoms with Gasteiger partial charge in [-0.15, -0.1) is 5.10 Å². The van der Waals surface area contributed by atoms with Crippen LogP contribution in [0.1, 0.15) is 15.9 Å². The molecule has 0 aliphatic heterocycles. The first-order valence-corrected chi connectivity index (χ1v) is 10.3. The summed E-state index contributed by atoms with van der Waals surface area (Å²) in [6, 6.07) is 22.2. The number of carbonyl (C=O) groups excluding carboxylic acids is 2. The van der Waals surface area contributed by atoms with Crippen LogP contribution in [0.15, 0.2) is 84.0 Å². The number of aromatic nitrogens is 4. The Morgan fingerprint density at radius 1 is 0.935 bits per heavy atom. The van der Waals surface area contributed by atoms with Crippen LogP contribution in [-0.4, -0.2) is 42.8 Å². The van der Waals surface area contributed by atoms with Crippen molar-refractivity contribution in [2.75, 3.05) is 11.1 Å². The van der Waals surface area contributed by atoms with Crippen molar-refractivity contribution in [2.24, 2.45) is 0 Å². The van der Waals surface area contributed by atoms with Gasteiger partial charge < -0.3 is 10.4 Å². The van der Waals surface area contributed by atoms with E-state index in [1.807, 2.05) is 6.07 Å². The number of carbonyl (C=O) groups is 2. The molecule has 0 aliphatic rings. The fourth-order valence-electron chi connectivity index (χ4n) is 2.88. The molecule has 0 atom stereocenters. The average Bonchev–Trinajstić information content (AvgIpc) is 3.27. The summed E-state index contributed by atoms with van der Waals surface area (Å²) in [6.45, 7) is 0. The Morgan fingerprint density at radius 3 is 2.42 bits per heavy atom. The van der Waals surface area contributed by atoms with Crippen molar-refractivity contribution in [2.45, 2.75) is 5.16 Å². The Balaban J connectivity index is 1.45. The fourth-order valence-corrected chi connectivity index (χ4v) is 3.57. The molecular weight excluding hydrogens is 414 g/mol. The van der Waals surface area contributed by atoms with Crippen LogP contribution in [0.5, 0.6) is 5.75 Å². The van der Waals surface area contributed by atoms with E-state index in [0.29, 0.717) is 27.7 Å². The normalized spacial score (nSPS) is 10.6. The van der Waals surface area contributed by atoms with Crippen LogP contribution in [0, 0.1) is 0 Å². The van der Waals surface area contributed by atoms with E-state index in [9.17, 15) is 14.7 Å². The van der Waals surface area contributed by atoms with E-state index in [4.69, 9.17) is 0 Å². The third-order valence-electron chi connectivity index (χ3n) is 4.35. The van der Waals surface area contributed by atoms with Crippen LogP contribution >= 0.6 is 11.8 Å². The fraction of sp³-hybridized carbons (Fsp3) is 0.0455. The average molecular weight is 431 g/mol. The number of nitrogens with one attached hydrogen (secondary N) is 1. The molecule has 8 nitrogen and oxygen atoms in total. The standard InChI is InChI=1S/C22H17N5O3S/c28-17-12-10-16(11-13-17)27-22(24-25-26-27)31-14-20(29)23-19-9-5-4-8-18(19)21(30)15-6-2-1-3-7-15/h1-13,28H,14H2,(H,23,29). The third kappa shape index (κ3) is 4.78. The maximum Gasteiger partial charge on any atom is 0.234 e. The zero-order valence-corrected chi connectivity index (χ0v) is 17.0. The second-order valence-electron chi connectivity index (χ2n) is 6.47. The number of aromatic hydroxyl groups is 1. The molecule has 1 heterocycles. The van der Waals surface area contributed by atoms with Crippen LogP contribution in [-0.2, 0) is 4.79 Å². The number of para-hydroxylation sites is 1. The van der Waals surface area contributed by atoms with E-state index in [0.717, 1.165) is 11.8 Å². The minimum Gasteiger partial charge on any atom is -0.508 e. The predicted octanol–water partition coefficient (Wildman–Crippen LogP) is 3.33. The van der Waals surface area contributed by atoms with E-state index in [2.05, 4.69) is 20.8 Å². The van der Waals surface area contributed by atoms with Gasteiger partial charge in [0.2, 0.25) is 11.1 Å². The summed E-state index contributed by atoms with van der Waals surface area (Å²) in [4.78, 5) is 25.4. The van der Waals surface area contributed by atoms with Gasteiger partial charge in [-0.3, -0.25) is 9.59 Å². The molecule has 0 saturated carbocycles. The first kappa shape index (κ1) is 20.3. The molecule has 0 bridgehead atoms.